The molecule has 5 nitrogen and oxygen atoms in total. The molecule has 6 heteroatoms. The number of anilines is 1. The van der Waals surface area contributed by atoms with Crippen LogP contribution >= 0.6 is 11.3 Å². The van der Waals surface area contributed by atoms with Gasteiger partial charge in [0.2, 0.25) is 0 Å². The van der Waals surface area contributed by atoms with E-state index in [9.17, 15) is 9.90 Å². The molecule has 0 bridgehead atoms. The highest BCUT2D eigenvalue weighted by Crippen LogP contribution is 2.28. The van der Waals surface area contributed by atoms with E-state index in [0.717, 1.165) is 31.2 Å². The average Bonchev–Trinajstić information content (AvgIpc) is 2.83. The largest absolute Gasteiger partial charge is 0.477 e. The van der Waals surface area contributed by atoms with Gasteiger partial charge in [-0.3, -0.25) is 4.90 Å². The first-order valence-electron chi connectivity index (χ1n) is 6.75. The normalized spacial score (nSPS) is 20.8. The van der Waals surface area contributed by atoms with Crippen LogP contribution in [-0.2, 0) is 6.42 Å². The molecule has 106 valence electrons. The Bertz CT molecular complexity index is 461. The monoisotopic (exact) mass is 283 g/mol. The number of aromatic carboxylic acids is 1. The Morgan fingerprint density at radius 3 is 2.74 bits per heavy atom. The minimum Gasteiger partial charge on any atom is -0.477 e. The zero-order valence-electron chi connectivity index (χ0n) is 11.7. The summed E-state index contributed by atoms with van der Waals surface area (Å²) < 4.78 is 0. The van der Waals surface area contributed by atoms with Gasteiger partial charge < -0.3 is 10.0 Å². The van der Waals surface area contributed by atoms with Crippen molar-refractivity contribution in [3.8, 4) is 0 Å². The van der Waals surface area contributed by atoms with Gasteiger partial charge in [0.1, 0.15) is 4.88 Å². The van der Waals surface area contributed by atoms with Crippen LogP contribution in [-0.4, -0.2) is 53.7 Å². The summed E-state index contributed by atoms with van der Waals surface area (Å²) in [6, 6.07) is 0.524. The first kappa shape index (κ1) is 14.3. The fraction of sp³-hybridized carbons (Fsp3) is 0.692. The summed E-state index contributed by atoms with van der Waals surface area (Å²) >= 11 is 1.31. The van der Waals surface area contributed by atoms with Gasteiger partial charge in [0.05, 0.1) is 5.69 Å². The minimum atomic E-state index is -0.859. The fourth-order valence-corrected chi connectivity index (χ4v) is 3.47. The molecule has 2 rings (SSSR count). The number of aryl methyl sites for hydroxylation is 1. The number of carboxylic acids is 1. The number of piperazine rings is 1. The van der Waals surface area contributed by atoms with E-state index in [1.165, 1.54) is 11.3 Å². The van der Waals surface area contributed by atoms with Gasteiger partial charge in [0.25, 0.3) is 0 Å². The SMILES string of the molecule is CCc1nc(N2CCN(C)C(CC)C2)sc1C(=O)O. The van der Waals surface area contributed by atoms with Gasteiger partial charge in [0.15, 0.2) is 5.13 Å². The molecule has 1 atom stereocenters. The van der Waals surface area contributed by atoms with Crippen molar-refractivity contribution in [1.82, 2.24) is 9.88 Å². The van der Waals surface area contributed by atoms with Crippen LogP contribution in [0.4, 0.5) is 5.13 Å². The Labute approximate surface area is 117 Å². The van der Waals surface area contributed by atoms with Crippen molar-refractivity contribution in [2.75, 3.05) is 31.6 Å². The van der Waals surface area contributed by atoms with Crippen molar-refractivity contribution < 1.29 is 9.90 Å². The first-order valence-corrected chi connectivity index (χ1v) is 7.56. The molecule has 1 aliphatic rings. The lowest BCUT2D eigenvalue weighted by molar-refractivity contribution is 0.0701. The second-order valence-electron chi connectivity index (χ2n) is 4.92. The molecule has 0 spiro atoms. The molecule has 1 aromatic rings. The molecule has 19 heavy (non-hydrogen) atoms. The highest BCUT2D eigenvalue weighted by atomic mass is 32.1. The molecule has 1 N–H and O–H groups in total. The molecular formula is C13H21N3O2S. The van der Waals surface area contributed by atoms with Crippen molar-refractivity contribution in [1.29, 1.82) is 0 Å². The second-order valence-corrected chi connectivity index (χ2v) is 5.90. The fourth-order valence-electron chi connectivity index (χ4n) is 2.44. The predicted molar refractivity (Wildman–Crippen MR) is 77.4 cm³/mol. The van der Waals surface area contributed by atoms with Crippen LogP contribution in [0.5, 0.6) is 0 Å². The van der Waals surface area contributed by atoms with E-state index in [4.69, 9.17) is 0 Å². The van der Waals surface area contributed by atoms with Crippen molar-refractivity contribution >= 4 is 22.4 Å². The number of thiazole rings is 1. The van der Waals surface area contributed by atoms with Crippen molar-refractivity contribution in [3.63, 3.8) is 0 Å². The number of hydrogen-bond acceptors (Lipinski definition) is 5. The number of aromatic nitrogens is 1. The van der Waals surface area contributed by atoms with Crippen molar-refractivity contribution in [2.24, 2.45) is 0 Å². The molecule has 0 radical (unpaired) electrons. The minimum absolute atomic E-state index is 0.393. The average molecular weight is 283 g/mol. The van der Waals surface area contributed by atoms with E-state index >= 15 is 0 Å². The van der Waals surface area contributed by atoms with Crippen LogP contribution in [0.1, 0.15) is 35.6 Å². The predicted octanol–water partition coefficient (Wildman–Crippen LogP) is 1.93. The third-order valence-electron chi connectivity index (χ3n) is 3.73. The molecule has 0 aliphatic carbocycles. The van der Waals surface area contributed by atoms with Gasteiger partial charge in [-0.05, 0) is 19.9 Å². The van der Waals surface area contributed by atoms with Gasteiger partial charge >= 0.3 is 5.97 Å². The molecule has 2 heterocycles. The van der Waals surface area contributed by atoms with E-state index in [1.807, 2.05) is 6.92 Å². The quantitative estimate of drug-likeness (QED) is 0.915. The van der Waals surface area contributed by atoms with Crippen molar-refractivity contribution in [2.45, 2.75) is 32.7 Å². The lowest BCUT2D eigenvalue weighted by Gasteiger charge is -2.39. The summed E-state index contributed by atoms with van der Waals surface area (Å²) in [6.07, 6.45) is 1.77. The standard InChI is InChI=1S/C13H21N3O2S/c1-4-9-8-16(7-6-15(9)3)13-14-10(5-2)11(19-13)12(17)18/h9H,4-8H2,1-3H3,(H,17,18). The lowest BCUT2D eigenvalue weighted by Crippen LogP contribution is -2.51. The van der Waals surface area contributed by atoms with Crippen molar-refractivity contribution in [3.05, 3.63) is 10.6 Å². The topological polar surface area (TPSA) is 56.7 Å². The molecule has 1 aliphatic heterocycles. The van der Waals surface area contributed by atoms with Gasteiger partial charge in [-0.25, -0.2) is 9.78 Å². The third-order valence-corrected chi connectivity index (χ3v) is 4.88. The van der Waals surface area contributed by atoms with E-state index in [1.54, 1.807) is 0 Å². The summed E-state index contributed by atoms with van der Waals surface area (Å²) in [5.74, 6) is -0.859. The molecule has 1 fully saturated rings. The van der Waals surface area contributed by atoms with Crippen LogP contribution in [0.3, 0.4) is 0 Å². The first-order chi connectivity index (χ1) is 9.06. The molecule has 0 saturated carbocycles. The number of hydrogen-bond donors (Lipinski definition) is 1. The molecule has 0 amide bonds. The van der Waals surface area contributed by atoms with Crippen LogP contribution in [0.25, 0.3) is 0 Å². The van der Waals surface area contributed by atoms with Crippen LogP contribution in [0.2, 0.25) is 0 Å². The Balaban J connectivity index is 2.20. The highest BCUT2D eigenvalue weighted by molar-refractivity contribution is 7.17. The lowest BCUT2D eigenvalue weighted by atomic mass is 10.1. The molecule has 0 aromatic carbocycles. The van der Waals surface area contributed by atoms with E-state index in [2.05, 4.69) is 28.8 Å². The van der Waals surface area contributed by atoms with Gasteiger partial charge in [0, 0.05) is 25.7 Å². The van der Waals surface area contributed by atoms with Gasteiger partial charge in [-0.15, -0.1) is 0 Å². The van der Waals surface area contributed by atoms with E-state index in [0.29, 0.717) is 23.0 Å². The summed E-state index contributed by atoms with van der Waals surface area (Å²) in [5.41, 5.74) is 0.708. The van der Waals surface area contributed by atoms with E-state index in [-0.39, 0.29) is 0 Å². The van der Waals surface area contributed by atoms with E-state index < -0.39 is 5.97 Å². The number of carboxylic acid groups (broad SMARTS) is 1. The highest BCUT2D eigenvalue weighted by Gasteiger charge is 2.26. The Hall–Kier alpha value is -1.14. The molecule has 1 aromatic heterocycles. The Kier molecular flexibility index (Phi) is 4.42. The summed E-state index contributed by atoms with van der Waals surface area (Å²) in [6.45, 7) is 6.99. The zero-order chi connectivity index (χ0) is 14.0. The maximum absolute atomic E-state index is 11.2. The number of nitrogens with zero attached hydrogens (tertiary/aromatic N) is 3. The maximum atomic E-state index is 11.2. The maximum Gasteiger partial charge on any atom is 0.347 e. The van der Waals surface area contributed by atoms with Gasteiger partial charge in [-0.1, -0.05) is 25.2 Å². The van der Waals surface area contributed by atoms with Crippen LogP contribution < -0.4 is 4.90 Å². The molecule has 1 saturated heterocycles. The number of carbonyl (C=O) groups is 1. The summed E-state index contributed by atoms with van der Waals surface area (Å²) in [4.78, 5) is 20.7. The summed E-state index contributed by atoms with van der Waals surface area (Å²) in [7, 11) is 2.15. The Morgan fingerprint density at radius 2 is 2.21 bits per heavy atom. The van der Waals surface area contributed by atoms with Crippen LogP contribution in [0, 0.1) is 0 Å². The third kappa shape index (κ3) is 2.90. The zero-order valence-corrected chi connectivity index (χ0v) is 12.5. The Morgan fingerprint density at radius 1 is 1.47 bits per heavy atom. The number of rotatable bonds is 4. The molecular weight excluding hydrogens is 262 g/mol. The van der Waals surface area contributed by atoms with Crippen LogP contribution in [0.15, 0.2) is 0 Å². The second kappa shape index (κ2) is 5.88. The summed E-state index contributed by atoms with van der Waals surface area (Å²) in [5, 5.41) is 10.1. The number of likely N-dealkylation sites (N-methyl/N-ethyl adjacent to an activating group) is 1. The van der Waals surface area contributed by atoms with Gasteiger partial charge in [-0.2, -0.15) is 0 Å². The smallest absolute Gasteiger partial charge is 0.347 e. The molecule has 1 unspecified atom stereocenters.